The molecule has 0 fully saturated rings. The lowest BCUT2D eigenvalue weighted by Gasteiger charge is -2.10. The molecule has 1 aromatic carbocycles. The van der Waals surface area contributed by atoms with Crippen molar-refractivity contribution in [3.05, 3.63) is 47.8 Å². The van der Waals surface area contributed by atoms with E-state index in [9.17, 15) is 4.79 Å². The van der Waals surface area contributed by atoms with E-state index in [1.807, 2.05) is 57.4 Å². The molecule has 0 unspecified atom stereocenters. The number of para-hydroxylation sites is 1. The van der Waals surface area contributed by atoms with E-state index in [2.05, 4.69) is 15.3 Å². The van der Waals surface area contributed by atoms with Gasteiger partial charge in [-0.2, -0.15) is 5.10 Å². The van der Waals surface area contributed by atoms with Gasteiger partial charge in [-0.3, -0.25) is 4.79 Å². The van der Waals surface area contributed by atoms with Crippen molar-refractivity contribution in [3.8, 4) is 5.69 Å². The zero-order valence-electron chi connectivity index (χ0n) is 12.8. The molecule has 0 bridgehead atoms. The molecule has 0 saturated heterocycles. The lowest BCUT2D eigenvalue weighted by atomic mass is 10.3. The van der Waals surface area contributed by atoms with E-state index < -0.39 is 0 Å². The van der Waals surface area contributed by atoms with E-state index in [0.717, 1.165) is 24.3 Å². The quantitative estimate of drug-likeness (QED) is 0.825. The van der Waals surface area contributed by atoms with Gasteiger partial charge in [0.25, 0.3) is 5.91 Å². The Bertz CT molecular complexity index is 590. The van der Waals surface area contributed by atoms with Gasteiger partial charge in [0.15, 0.2) is 0 Å². The number of benzene rings is 1. The van der Waals surface area contributed by atoms with Gasteiger partial charge in [-0.05, 0) is 52.2 Å². The van der Waals surface area contributed by atoms with Gasteiger partial charge in [-0.25, -0.2) is 4.68 Å². The highest BCUT2D eigenvalue weighted by Gasteiger charge is 2.14. The number of nitrogens with one attached hydrogen (secondary N) is 1. The van der Waals surface area contributed by atoms with Crippen LogP contribution in [0.2, 0.25) is 0 Å². The van der Waals surface area contributed by atoms with Crippen LogP contribution in [0.3, 0.4) is 0 Å². The summed E-state index contributed by atoms with van der Waals surface area (Å²) in [6.07, 6.45) is 0.928. The average Bonchev–Trinajstić information content (AvgIpc) is 2.86. The minimum absolute atomic E-state index is 0.0850. The summed E-state index contributed by atoms with van der Waals surface area (Å²) in [4.78, 5) is 14.4. The molecule has 5 heteroatoms. The summed E-state index contributed by atoms with van der Waals surface area (Å²) in [5, 5.41) is 7.36. The van der Waals surface area contributed by atoms with Crippen LogP contribution < -0.4 is 5.32 Å². The number of nitrogens with zero attached hydrogens (tertiary/aromatic N) is 3. The Labute approximate surface area is 125 Å². The minimum Gasteiger partial charge on any atom is -0.351 e. The molecule has 1 amide bonds. The van der Waals surface area contributed by atoms with Crippen molar-refractivity contribution in [1.29, 1.82) is 0 Å². The van der Waals surface area contributed by atoms with Crippen LogP contribution in [0.15, 0.2) is 36.4 Å². The van der Waals surface area contributed by atoms with Crippen molar-refractivity contribution >= 4 is 5.91 Å². The van der Waals surface area contributed by atoms with Gasteiger partial charge in [0, 0.05) is 6.54 Å². The maximum atomic E-state index is 12.3. The summed E-state index contributed by atoms with van der Waals surface area (Å²) in [5.41, 5.74) is 2.30. The van der Waals surface area contributed by atoms with Crippen molar-refractivity contribution in [2.45, 2.75) is 13.3 Å². The first-order valence-electron chi connectivity index (χ1n) is 7.13. The molecule has 2 aromatic rings. The first-order chi connectivity index (χ1) is 10.1. The van der Waals surface area contributed by atoms with Gasteiger partial charge >= 0.3 is 0 Å². The summed E-state index contributed by atoms with van der Waals surface area (Å²) in [7, 11) is 4.05. The number of carbonyl (C=O) groups excluding carboxylic acids is 1. The smallest absolute Gasteiger partial charge is 0.270 e. The Kier molecular flexibility index (Phi) is 5.11. The van der Waals surface area contributed by atoms with E-state index >= 15 is 0 Å². The predicted molar refractivity (Wildman–Crippen MR) is 83.8 cm³/mol. The molecule has 0 aliphatic heterocycles. The molecule has 0 atom stereocenters. The van der Waals surface area contributed by atoms with Crippen LogP contribution in [0.5, 0.6) is 0 Å². The number of hydrogen-bond acceptors (Lipinski definition) is 3. The van der Waals surface area contributed by atoms with Gasteiger partial charge in [-0.1, -0.05) is 18.2 Å². The van der Waals surface area contributed by atoms with Gasteiger partial charge in [0.1, 0.15) is 5.69 Å². The number of rotatable bonds is 6. The van der Waals surface area contributed by atoms with Crippen molar-refractivity contribution in [2.24, 2.45) is 0 Å². The van der Waals surface area contributed by atoms with E-state index in [4.69, 9.17) is 0 Å². The Morgan fingerprint density at radius 2 is 2.00 bits per heavy atom. The van der Waals surface area contributed by atoms with E-state index in [0.29, 0.717) is 12.2 Å². The van der Waals surface area contributed by atoms with Gasteiger partial charge < -0.3 is 10.2 Å². The summed E-state index contributed by atoms with van der Waals surface area (Å²) in [6.45, 7) is 3.51. The van der Waals surface area contributed by atoms with E-state index in [-0.39, 0.29) is 5.91 Å². The Morgan fingerprint density at radius 1 is 1.29 bits per heavy atom. The number of amides is 1. The molecule has 112 valence electrons. The SMILES string of the molecule is Cc1cc(C(=O)NCCCN(C)C)n(-c2ccccc2)n1. The van der Waals surface area contributed by atoms with Crippen LogP contribution in [0.4, 0.5) is 0 Å². The van der Waals surface area contributed by atoms with Crippen LogP contribution in [-0.4, -0.2) is 47.8 Å². The molecule has 21 heavy (non-hydrogen) atoms. The normalized spacial score (nSPS) is 10.9. The van der Waals surface area contributed by atoms with Crippen LogP contribution in [0, 0.1) is 6.92 Å². The molecule has 0 aliphatic carbocycles. The fourth-order valence-corrected chi connectivity index (χ4v) is 2.11. The molecule has 5 nitrogen and oxygen atoms in total. The second kappa shape index (κ2) is 7.04. The second-order valence-electron chi connectivity index (χ2n) is 5.33. The lowest BCUT2D eigenvalue weighted by Crippen LogP contribution is -2.28. The first kappa shape index (κ1) is 15.3. The van der Waals surface area contributed by atoms with Crippen LogP contribution in [0.1, 0.15) is 22.6 Å². The zero-order valence-corrected chi connectivity index (χ0v) is 12.8. The molecule has 1 aromatic heterocycles. The van der Waals surface area contributed by atoms with Gasteiger partial charge in [-0.15, -0.1) is 0 Å². The molecule has 0 radical (unpaired) electrons. The number of hydrogen-bond donors (Lipinski definition) is 1. The third-order valence-electron chi connectivity index (χ3n) is 3.13. The topological polar surface area (TPSA) is 50.2 Å². The maximum absolute atomic E-state index is 12.3. The number of aromatic nitrogens is 2. The summed E-state index contributed by atoms with van der Waals surface area (Å²) in [5.74, 6) is -0.0850. The summed E-state index contributed by atoms with van der Waals surface area (Å²) in [6, 6.07) is 11.5. The number of carbonyl (C=O) groups is 1. The molecule has 2 rings (SSSR count). The molecule has 1 heterocycles. The summed E-state index contributed by atoms with van der Waals surface area (Å²) < 4.78 is 1.69. The van der Waals surface area contributed by atoms with Crippen LogP contribution in [0.25, 0.3) is 5.69 Å². The van der Waals surface area contributed by atoms with Crippen molar-refractivity contribution < 1.29 is 4.79 Å². The van der Waals surface area contributed by atoms with E-state index in [1.54, 1.807) is 4.68 Å². The molecule has 0 aliphatic rings. The standard InChI is InChI=1S/C16H22N4O/c1-13-12-15(16(21)17-10-7-11-19(2)3)20(18-13)14-8-5-4-6-9-14/h4-6,8-9,12H,7,10-11H2,1-3H3,(H,17,21). The fraction of sp³-hybridized carbons (Fsp3) is 0.375. The Hall–Kier alpha value is -2.14. The molecule has 1 N–H and O–H groups in total. The average molecular weight is 286 g/mol. The third kappa shape index (κ3) is 4.16. The Balaban J connectivity index is 2.08. The van der Waals surface area contributed by atoms with Crippen LogP contribution >= 0.6 is 0 Å². The van der Waals surface area contributed by atoms with Gasteiger partial charge in [0.2, 0.25) is 0 Å². The second-order valence-corrected chi connectivity index (χ2v) is 5.33. The molecule has 0 spiro atoms. The predicted octanol–water partition coefficient (Wildman–Crippen LogP) is 1.86. The van der Waals surface area contributed by atoms with E-state index in [1.165, 1.54) is 0 Å². The third-order valence-corrected chi connectivity index (χ3v) is 3.13. The monoisotopic (exact) mass is 286 g/mol. The van der Waals surface area contributed by atoms with Crippen molar-refractivity contribution in [2.75, 3.05) is 27.2 Å². The Morgan fingerprint density at radius 3 is 2.67 bits per heavy atom. The number of aryl methyl sites for hydroxylation is 1. The molecule has 0 saturated carbocycles. The highest BCUT2D eigenvalue weighted by atomic mass is 16.2. The first-order valence-corrected chi connectivity index (χ1v) is 7.13. The molecular weight excluding hydrogens is 264 g/mol. The maximum Gasteiger partial charge on any atom is 0.270 e. The highest BCUT2D eigenvalue weighted by Crippen LogP contribution is 2.12. The minimum atomic E-state index is -0.0850. The van der Waals surface area contributed by atoms with Crippen molar-refractivity contribution in [3.63, 3.8) is 0 Å². The lowest BCUT2D eigenvalue weighted by molar-refractivity contribution is 0.0944. The van der Waals surface area contributed by atoms with Crippen LogP contribution in [-0.2, 0) is 0 Å². The zero-order chi connectivity index (χ0) is 15.2. The molecular formula is C16H22N4O. The van der Waals surface area contributed by atoms with Gasteiger partial charge in [0.05, 0.1) is 11.4 Å². The fourth-order valence-electron chi connectivity index (χ4n) is 2.11. The van der Waals surface area contributed by atoms with Crippen molar-refractivity contribution in [1.82, 2.24) is 20.0 Å². The largest absolute Gasteiger partial charge is 0.351 e. The highest BCUT2D eigenvalue weighted by molar-refractivity contribution is 5.93. The summed E-state index contributed by atoms with van der Waals surface area (Å²) >= 11 is 0.